The molecular formula is C19H22BrN3O. The average molecular weight is 388 g/mol. The van der Waals surface area contributed by atoms with Crippen molar-refractivity contribution in [1.82, 2.24) is 0 Å². The Morgan fingerprint density at radius 1 is 1.21 bits per heavy atom. The van der Waals surface area contributed by atoms with E-state index in [0.717, 1.165) is 22.4 Å². The van der Waals surface area contributed by atoms with Gasteiger partial charge in [-0.3, -0.25) is 4.79 Å². The first kappa shape index (κ1) is 16.8. The van der Waals surface area contributed by atoms with Gasteiger partial charge in [-0.25, -0.2) is 0 Å². The number of halogens is 1. The number of carbonyl (C=O) groups excluding carboxylic acids is 1. The smallest absolute Gasteiger partial charge is 0.255 e. The Hall–Kier alpha value is -2.01. The Morgan fingerprint density at radius 2 is 1.96 bits per heavy atom. The molecule has 0 radical (unpaired) electrons. The highest BCUT2D eigenvalue weighted by Crippen LogP contribution is 2.33. The molecule has 24 heavy (non-hydrogen) atoms. The second-order valence-electron chi connectivity index (χ2n) is 6.28. The van der Waals surface area contributed by atoms with Gasteiger partial charge < -0.3 is 16.0 Å². The van der Waals surface area contributed by atoms with Gasteiger partial charge in [0.1, 0.15) is 0 Å². The first-order chi connectivity index (χ1) is 11.5. The minimum absolute atomic E-state index is 0.126. The first-order valence-corrected chi connectivity index (χ1v) is 9.07. The van der Waals surface area contributed by atoms with Crippen molar-refractivity contribution in [2.24, 2.45) is 0 Å². The largest absolute Gasteiger partial charge is 0.399 e. The molecule has 1 fully saturated rings. The van der Waals surface area contributed by atoms with Crippen molar-refractivity contribution in [2.45, 2.75) is 32.2 Å². The summed E-state index contributed by atoms with van der Waals surface area (Å²) in [6.07, 6.45) is 3.60. The Kier molecular flexibility index (Phi) is 5.09. The SMILES string of the molecule is C[C@H]1CCCCN1c1ccc(N)cc1NC(=O)c1ccc(Br)cc1. The van der Waals surface area contributed by atoms with E-state index >= 15 is 0 Å². The van der Waals surface area contributed by atoms with E-state index in [1.165, 1.54) is 19.3 Å². The number of amides is 1. The number of benzene rings is 2. The summed E-state index contributed by atoms with van der Waals surface area (Å²) >= 11 is 3.39. The molecule has 1 saturated heterocycles. The number of nitrogens with one attached hydrogen (secondary N) is 1. The summed E-state index contributed by atoms with van der Waals surface area (Å²) in [5.41, 5.74) is 9.04. The van der Waals surface area contributed by atoms with Gasteiger partial charge in [0.25, 0.3) is 5.91 Å². The topological polar surface area (TPSA) is 58.4 Å². The van der Waals surface area contributed by atoms with E-state index in [9.17, 15) is 4.79 Å². The number of anilines is 3. The third kappa shape index (κ3) is 3.73. The van der Waals surface area contributed by atoms with E-state index in [-0.39, 0.29) is 5.91 Å². The lowest BCUT2D eigenvalue weighted by Gasteiger charge is -2.36. The maximum absolute atomic E-state index is 12.6. The second-order valence-corrected chi connectivity index (χ2v) is 7.19. The lowest BCUT2D eigenvalue weighted by Crippen LogP contribution is -2.38. The maximum Gasteiger partial charge on any atom is 0.255 e. The van der Waals surface area contributed by atoms with Crippen molar-refractivity contribution in [1.29, 1.82) is 0 Å². The monoisotopic (exact) mass is 387 g/mol. The fourth-order valence-electron chi connectivity index (χ4n) is 3.16. The third-order valence-electron chi connectivity index (χ3n) is 4.49. The summed E-state index contributed by atoms with van der Waals surface area (Å²) in [5, 5.41) is 3.03. The van der Waals surface area contributed by atoms with Gasteiger partial charge in [-0.15, -0.1) is 0 Å². The number of piperidine rings is 1. The van der Waals surface area contributed by atoms with Crippen molar-refractivity contribution in [2.75, 3.05) is 22.5 Å². The van der Waals surface area contributed by atoms with E-state index in [1.54, 1.807) is 12.1 Å². The van der Waals surface area contributed by atoms with Crippen LogP contribution in [0.1, 0.15) is 36.5 Å². The fraction of sp³-hybridized carbons (Fsp3) is 0.316. The second kappa shape index (κ2) is 7.26. The zero-order valence-electron chi connectivity index (χ0n) is 13.8. The zero-order chi connectivity index (χ0) is 17.1. The molecule has 1 heterocycles. The summed E-state index contributed by atoms with van der Waals surface area (Å²) in [6.45, 7) is 3.24. The zero-order valence-corrected chi connectivity index (χ0v) is 15.3. The Bertz CT molecular complexity index is 730. The number of nitrogens with two attached hydrogens (primary N) is 1. The molecule has 0 aliphatic carbocycles. The Morgan fingerprint density at radius 3 is 2.67 bits per heavy atom. The molecule has 0 saturated carbocycles. The molecule has 4 nitrogen and oxygen atoms in total. The summed E-state index contributed by atoms with van der Waals surface area (Å²) in [6, 6.07) is 13.5. The van der Waals surface area contributed by atoms with Gasteiger partial charge in [-0.1, -0.05) is 15.9 Å². The predicted molar refractivity (Wildman–Crippen MR) is 104 cm³/mol. The molecule has 0 aromatic heterocycles. The maximum atomic E-state index is 12.6. The van der Waals surface area contributed by atoms with Crippen LogP contribution in [0.5, 0.6) is 0 Å². The molecular weight excluding hydrogens is 366 g/mol. The van der Waals surface area contributed by atoms with Crippen LogP contribution in [0.3, 0.4) is 0 Å². The minimum Gasteiger partial charge on any atom is -0.399 e. The van der Waals surface area contributed by atoms with Gasteiger partial charge >= 0.3 is 0 Å². The molecule has 0 spiro atoms. The molecule has 1 aliphatic heterocycles. The van der Waals surface area contributed by atoms with E-state index in [4.69, 9.17) is 5.73 Å². The summed E-state index contributed by atoms with van der Waals surface area (Å²) in [7, 11) is 0. The molecule has 3 N–H and O–H groups in total. The average Bonchev–Trinajstić information content (AvgIpc) is 2.56. The number of nitrogen functional groups attached to an aromatic ring is 1. The molecule has 0 unspecified atom stereocenters. The molecule has 1 amide bonds. The van der Waals surface area contributed by atoms with Gasteiger partial charge in [-0.2, -0.15) is 0 Å². The Labute approximate surface area is 151 Å². The van der Waals surface area contributed by atoms with E-state index in [2.05, 4.69) is 33.1 Å². The lowest BCUT2D eigenvalue weighted by molar-refractivity contribution is 0.102. The molecule has 2 aromatic carbocycles. The normalized spacial score (nSPS) is 17.6. The van der Waals surface area contributed by atoms with Crippen LogP contribution in [0.4, 0.5) is 17.1 Å². The van der Waals surface area contributed by atoms with Crippen molar-refractivity contribution >= 4 is 38.9 Å². The predicted octanol–water partition coefficient (Wildman–Crippen LogP) is 4.66. The van der Waals surface area contributed by atoms with E-state index in [0.29, 0.717) is 17.3 Å². The number of hydrogen-bond donors (Lipinski definition) is 2. The van der Waals surface area contributed by atoms with E-state index < -0.39 is 0 Å². The number of nitrogens with zero attached hydrogens (tertiary/aromatic N) is 1. The molecule has 1 aliphatic rings. The number of hydrogen-bond acceptors (Lipinski definition) is 3. The van der Waals surface area contributed by atoms with E-state index in [1.807, 2.05) is 30.3 Å². The van der Waals surface area contributed by atoms with Crippen molar-refractivity contribution in [3.63, 3.8) is 0 Å². The molecule has 1 atom stereocenters. The quantitative estimate of drug-likeness (QED) is 0.752. The fourth-order valence-corrected chi connectivity index (χ4v) is 3.42. The van der Waals surface area contributed by atoms with Crippen LogP contribution in [-0.2, 0) is 0 Å². The van der Waals surface area contributed by atoms with Gasteiger partial charge in [0.05, 0.1) is 11.4 Å². The highest BCUT2D eigenvalue weighted by Gasteiger charge is 2.22. The molecule has 0 bridgehead atoms. The van der Waals surface area contributed by atoms with Gasteiger partial charge in [0, 0.05) is 28.3 Å². The van der Waals surface area contributed by atoms with Crippen LogP contribution in [-0.4, -0.2) is 18.5 Å². The van der Waals surface area contributed by atoms with Crippen LogP contribution in [0.25, 0.3) is 0 Å². The Balaban J connectivity index is 1.87. The van der Waals surface area contributed by atoms with Crippen LogP contribution >= 0.6 is 15.9 Å². The minimum atomic E-state index is -0.126. The number of rotatable bonds is 3. The van der Waals surface area contributed by atoms with Crippen LogP contribution in [0.2, 0.25) is 0 Å². The third-order valence-corrected chi connectivity index (χ3v) is 5.02. The molecule has 3 rings (SSSR count). The van der Waals surface area contributed by atoms with Gasteiger partial charge in [0.2, 0.25) is 0 Å². The van der Waals surface area contributed by atoms with Crippen LogP contribution < -0.4 is 16.0 Å². The standard InChI is InChI=1S/C19H22BrN3O/c1-13-4-2-3-11-23(13)18-10-9-16(21)12-17(18)22-19(24)14-5-7-15(20)8-6-14/h5-10,12-13H,2-4,11,21H2,1H3,(H,22,24)/t13-/m0/s1. The van der Waals surface area contributed by atoms with Crippen LogP contribution in [0.15, 0.2) is 46.9 Å². The van der Waals surface area contributed by atoms with Gasteiger partial charge in [0.15, 0.2) is 0 Å². The van der Waals surface area contributed by atoms with Crippen molar-refractivity contribution < 1.29 is 4.79 Å². The lowest BCUT2D eigenvalue weighted by atomic mass is 10.0. The highest BCUT2D eigenvalue weighted by molar-refractivity contribution is 9.10. The van der Waals surface area contributed by atoms with Crippen molar-refractivity contribution in [3.05, 3.63) is 52.5 Å². The number of carbonyl (C=O) groups is 1. The van der Waals surface area contributed by atoms with Crippen molar-refractivity contribution in [3.8, 4) is 0 Å². The van der Waals surface area contributed by atoms with Gasteiger partial charge in [-0.05, 0) is 68.7 Å². The van der Waals surface area contributed by atoms with Crippen LogP contribution in [0, 0.1) is 0 Å². The summed E-state index contributed by atoms with van der Waals surface area (Å²) < 4.78 is 0.950. The molecule has 2 aromatic rings. The summed E-state index contributed by atoms with van der Waals surface area (Å²) in [5.74, 6) is -0.126. The molecule has 5 heteroatoms. The molecule has 126 valence electrons. The first-order valence-electron chi connectivity index (χ1n) is 8.27. The highest BCUT2D eigenvalue weighted by atomic mass is 79.9. The summed E-state index contributed by atoms with van der Waals surface area (Å²) in [4.78, 5) is 14.9.